The highest BCUT2D eigenvalue weighted by Crippen LogP contribution is 2.36. The van der Waals surface area contributed by atoms with E-state index in [4.69, 9.17) is 43.1 Å². The maximum atomic E-state index is 14.6. The van der Waals surface area contributed by atoms with Crippen LogP contribution in [0.4, 0.5) is 0 Å². The first-order valence-electron chi connectivity index (χ1n) is 15.2. The van der Waals surface area contributed by atoms with Gasteiger partial charge in [0.1, 0.15) is 11.6 Å². The monoisotopic (exact) mass is 716 g/mol. The zero-order chi connectivity index (χ0) is 36.5. The molecule has 0 aliphatic carbocycles. The molecule has 0 aromatic heterocycles. The van der Waals surface area contributed by atoms with Crippen LogP contribution in [0, 0.1) is 11.3 Å². The van der Waals surface area contributed by atoms with E-state index in [-0.39, 0.29) is 23.9 Å². The number of fused-ring (bicyclic) bond motifs is 1. The van der Waals surface area contributed by atoms with Gasteiger partial charge in [-0.3, -0.25) is 19.8 Å². The lowest BCUT2D eigenvalue weighted by Gasteiger charge is -2.48. The molecule has 1 fully saturated rings. The van der Waals surface area contributed by atoms with E-state index in [1.165, 1.54) is 31.1 Å². The van der Waals surface area contributed by atoms with Gasteiger partial charge in [0.05, 0.1) is 18.4 Å². The number of sulfonamides is 1. The number of esters is 1. The number of nitrogens with one attached hydrogen (secondary N) is 2. The van der Waals surface area contributed by atoms with Crippen molar-refractivity contribution < 1.29 is 37.4 Å². The van der Waals surface area contributed by atoms with Gasteiger partial charge in [-0.25, -0.2) is 13.2 Å². The number of aliphatic carboxylic acids is 1. The summed E-state index contributed by atoms with van der Waals surface area (Å²) < 4.78 is 35.0. The van der Waals surface area contributed by atoms with E-state index < -0.39 is 57.7 Å². The summed E-state index contributed by atoms with van der Waals surface area (Å²) in [6.45, 7) is 3.02. The van der Waals surface area contributed by atoms with Crippen LogP contribution in [0.25, 0.3) is 10.8 Å². The number of rotatable bonds is 11. The normalized spacial score (nSPS) is 16.3. The number of piperidine rings is 1. The fraction of sp³-hybridized carbons (Fsp3) is 0.364. The summed E-state index contributed by atoms with van der Waals surface area (Å²) in [6, 6.07) is 16.7. The molecular formula is C33H41ClN6O8S. The number of amides is 2. The molecule has 1 unspecified atom stereocenters. The van der Waals surface area contributed by atoms with Crippen LogP contribution < -0.4 is 16.2 Å². The van der Waals surface area contributed by atoms with E-state index in [0.29, 0.717) is 35.4 Å². The summed E-state index contributed by atoms with van der Waals surface area (Å²) in [5.41, 5.74) is 10.1. The summed E-state index contributed by atoms with van der Waals surface area (Å²) in [5, 5.41) is 17.2. The predicted molar refractivity (Wildman–Crippen MR) is 184 cm³/mol. The predicted octanol–water partition coefficient (Wildman–Crippen LogP) is 2.67. The van der Waals surface area contributed by atoms with Crippen molar-refractivity contribution in [3.63, 3.8) is 0 Å². The van der Waals surface area contributed by atoms with E-state index in [1.807, 2.05) is 12.1 Å². The average Bonchev–Trinajstić information content (AvgIpc) is 3.05. The first-order chi connectivity index (χ1) is 23.0. The van der Waals surface area contributed by atoms with Crippen molar-refractivity contribution in [3.8, 4) is 0 Å². The number of carboxylic acid groups (broad SMARTS) is 1. The Balaban J connectivity index is 0.00000154. The second kappa shape index (κ2) is 16.6. The van der Waals surface area contributed by atoms with Gasteiger partial charge in [-0.15, -0.1) is 0 Å². The molecule has 7 N–H and O–H groups in total. The minimum Gasteiger partial charge on any atom is -0.481 e. The number of benzene rings is 3. The molecule has 3 aromatic rings. The Kier molecular flexibility index (Phi) is 13.1. The second-order valence-corrected chi connectivity index (χ2v) is 13.8. The Morgan fingerprint density at radius 1 is 1.10 bits per heavy atom. The Morgan fingerprint density at radius 3 is 2.31 bits per heavy atom. The third-order valence-electron chi connectivity index (χ3n) is 8.30. The number of ether oxygens (including phenoxy) is 1. The number of carbonyl (C=O) groups excluding carboxylic acids is 3. The number of carboxylic acids is 1. The molecule has 3 atom stereocenters. The van der Waals surface area contributed by atoms with Gasteiger partial charge >= 0.3 is 5.97 Å². The second-order valence-electron chi connectivity index (χ2n) is 11.7. The van der Waals surface area contributed by atoms with Gasteiger partial charge < -0.3 is 31.1 Å². The van der Waals surface area contributed by atoms with Crippen LogP contribution in [0.1, 0.15) is 38.7 Å². The van der Waals surface area contributed by atoms with Crippen molar-refractivity contribution in [2.45, 2.75) is 56.1 Å². The fourth-order valence-corrected chi connectivity index (χ4v) is 7.20. The van der Waals surface area contributed by atoms with Crippen LogP contribution in [0.5, 0.6) is 0 Å². The van der Waals surface area contributed by atoms with Crippen molar-refractivity contribution in [1.29, 1.82) is 5.41 Å². The third-order valence-corrected chi connectivity index (χ3v) is 10.1. The van der Waals surface area contributed by atoms with E-state index in [0.717, 1.165) is 12.3 Å². The van der Waals surface area contributed by atoms with E-state index in [2.05, 4.69) is 4.72 Å². The number of nitrogens with zero attached hydrogens (tertiary/aromatic N) is 2. The molecule has 0 spiro atoms. The molecule has 16 heteroatoms. The molecule has 0 radical (unpaired) electrons. The van der Waals surface area contributed by atoms with Crippen LogP contribution >= 0.6 is 11.6 Å². The summed E-state index contributed by atoms with van der Waals surface area (Å²) in [6.07, 6.45) is 0.335. The first-order valence-corrected chi connectivity index (χ1v) is 17.1. The zero-order valence-corrected chi connectivity index (χ0v) is 29.0. The Morgan fingerprint density at radius 2 is 1.71 bits per heavy atom. The maximum Gasteiger partial charge on any atom is 0.331 e. The number of methoxy groups -OCH3 is 1. The SMILES string of the molecule is CC(=O)O.COC(=O)C(C)([C@H]1CCCN(C(=N)N)C1)N(Cc1ccccc1Cl)C(=O)[C@H](CC(N)=O)NS(=O)(=O)c1ccc2ccccc2c1. The fourth-order valence-electron chi connectivity index (χ4n) is 5.79. The summed E-state index contributed by atoms with van der Waals surface area (Å²) >= 11 is 6.49. The highest BCUT2D eigenvalue weighted by molar-refractivity contribution is 7.89. The quantitative estimate of drug-likeness (QED) is 0.111. The lowest BCUT2D eigenvalue weighted by Crippen LogP contribution is -2.65. The number of hydrogen-bond acceptors (Lipinski definition) is 8. The van der Waals surface area contributed by atoms with Gasteiger partial charge in [0.2, 0.25) is 21.8 Å². The Hall–Kier alpha value is -4.73. The lowest BCUT2D eigenvalue weighted by molar-refractivity contribution is -0.168. The number of likely N-dealkylation sites (tertiary alicyclic amines) is 1. The van der Waals surface area contributed by atoms with Gasteiger partial charge in [-0.1, -0.05) is 60.1 Å². The van der Waals surface area contributed by atoms with Crippen molar-refractivity contribution in [1.82, 2.24) is 14.5 Å². The summed E-state index contributed by atoms with van der Waals surface area (Å²) in [5.74, 6) is -4.21. The van der Waals surface area contributed by atoms with Gasteiger partial charge in [-0.05, 0) is 54.3 Å². The molecule has 0 bridgehead atoms. The van der Waals surface area contributed by atoms with E-state index in [1.54, 1.807) is 47.4 Å². The van der Waals surface area contributed by atoms with Gasteiger partial charge in [0.25, 0.3) is 5.97 Å². The lowest BCUT2D eigenvalue weighted by atomic mass is 9.78. The number of primary amides is 1. The average molecular weight is 717 g/mol. The molecule has 0 saturated carbocycles. The minimum absolute atomic E-state index is 0.124. The van der Waals surface area contributed by atoms with E-state index >= 15 is 0 Å². The number of nitrogens with two attached hydrogens (primary N) is 2. The Bertz CT molecular complexity index is 1820. The van der Waals surface area contributed by atoms with Crippen molar-refractivity contribution in [3.05, 3.63) is 77.3 Å². The first kappa shape index (κ1) is 38.7. The van der Waals surface area contributed by atoms with Crippen molar-refractivity contribution in [2.24, 2.45) is 17.4 Å². The summed E-state index contributed by atoms with van der Waals surface area (Å²) in [4.78, 5) is 52.3. The Labute approximate surface area is 289 Å². The molecule has 2 amide bonds. The van der Waals surface area contributed by atoms with Crippen molar-refractivity contribution in [2.75, 3.05) is 20.2 Å². The van der Waals surface area contributed by atoms with Crippen molar-refractivity contribution >= 4 is 62.1 Å². The van der Waals surface area contributed by atoms with Crippen LogP contribution in [0.15, 0.2) is 71.6 Å². The topological polar surface area (TPSA) is 226 Å². The molecule has 49 heavy (non-hydrogen) atoms. The van der Waals surface area contributed by atoms with Crippen LogP contribution in [-0.2, 0) is 40.5 Å². The molecule has 264 valence electrons. The van der Waals surface area contributed by atoms with Gasteiger partial charge in [-0.2, -0.15) is 4.72 Å². The molecule has 1 heterocycles. The molecular weight excluding hydrogens is 676 g/mol. The highest BCUT2D eigenvalue weighted by atomic mass is 35.5. The molecule has 1 aliphatic heterocycles. The minimum atomic E-state index is -4.37. The van der Waals surface area contributed by atoms with Gasteiger partial charge in [0, 0.05) is 37.5 Å². The molecule has 1 aliphatic rings. The standard InChI is InChI=1S/C31H37ClN6O6S.C2H4O2/c1-31(29(41)44-2,23-11-7-15-37(19-23)30(34)35)38(18-22-10-5-6-12-25(22)32)28(40)26(17-27(33)39)36-45(42,43)24-14-13-20-8-3-4-9-21(20)16-24;1-2(3)4/h3-6,8-10,12-14,16,23,26,36H,7,11,15,17-19H2,1-2H3,(H2,33,39)(H3,34,35);1H3,(H,3,4)/t23-,26-,31?;/m0./s1. The molecule has 3 aromatic carbocycles. The smallest absolute Gasteiger partial charge is 0.331 e. The summed E-state index contributed by atoms with van der Waals surface area (Å²) in [7, 11) is -3.18. The van der Waals surface area contributed by atoms with Gasteiger partial charge in [0.15, 0.2) is 5.96 Å². The number of hydrogen-bond donors (Lipinski definition) is 5. The maximum absolute atomic E-state index is 14.6. The molecule has 14 nitrogen and oxygen atoms in total. The molecule has 1 saturated heterocycles. The third kappa shape index (κ3) is 9.68. The number of carbonyl (C=O) groups is 4. The zero-order valence-electron chi connectivity index (χ0n) is 27.4. The van der Waals surface area contributed by atoms with Crippen LogP contribution in [0.2, 0.25) is 5.02 Å². The molecule has 4 rings (SSSR count). The highest BCUT2D eigenvalue weighted by Gasteiger charge is 2.52. The largest absolute Gasteiger partial charge is 0.481 e. The van der Waals surface area contributed by atoms with Crippen LogP contribution in [0.3, 0.4) is 0 Å². The van der Waals surface area contributed by atoms with E-state index in [9.17, 15) is 22.8 Å². The number of halogens is 1. The number of guanidine groups is 1. The van der Waals surface area contributed by atoms with Crippen LogP contribution in [-0.4, -0.2) is 84.8 Å².